The molecule has 4 aliphatic rings. The fourth-order valence-electron chi connectivity index (χ4n) is 8.05. The third-order valence-corrected chi connectivity index (χ3v) is 9.17. The summed E-state index contributed by atoms with van der Waals surface area (Å²) >= 11 is 0. The topological polar surface area (TPSA) is 44.1 Å². The normalized spacial score (nSPS) is 26.3. The van der Waals surface area contributed by atoms with Crippen molar-refractivity contribution in [2.45, 2.75) is 71.8 Å². The summed E-state index contributed by atoms with van der Waals surface area (Å²) in [4.78, 5) is 18.2. The Morgan fingerprint density at radius 2 is 1.61 bits per heavy atom. The predicted octanol–water partition coefficient (Wildman–Crippen LogP) is 7.23. The Morgan fingerprint density at radius 3 is 2.25 bits per heavy atom. The maximum Gasteiger partial charge on any atom is 0.358 e. The summed E-state index contributed by atoms with van der Waals surface area (Å²) in [5.41, 5.74) is 5.48. The van der Waals surface area contributed by atoms with Crippen LogP contribution in [0.15, 0.2) is 54.6 Å². The number of ether oxygens (including phenoxy) is 1. The number of rotatable bonds is 8. The number of imidazole rings is 1. The number of esters is 1. The minimum Gasteiger partial charge on any atom is -0.461 e. The molecule has 4 saturated carbocycles. The van der Waals surface area contributed by atoms with Gasteiger partial charge in [-0.2, -0.15) is 0 Å². The number of nitrogens with zero attached hydrogens (tertiary/aromatic N) is 2. The first-order valence-corrected chi connectivity index (χ1v) is 13.9. The molecule has 0 amide bonds. The van der Waals surface area contributed by atoms with Crippen molar-refractivity contribution in [3.63, 3.8) is 0 Å². The molecule has 4 aliphatic carbocycles. The van der Waals surface area contributed by atoms with E-state index in [0.29, 0.717) is 24.3 Å². The lowest BCUT2D eigenvalue weighted by molar-refractivity contribution is -0.0571. The van der Waals surface area contributed by atoms with Gasteiger partial charge in [0.2, 0.25) is 0 Å². The smallest absolute Gasteiger partial charge is 0.358 e. The van der Waals surface area contributed by atoms with Gasteiger partial charge >= 0.3 is 5.97 Å². The largest absolute Gasteiger partial charge is 0.461 e. The summed E-state index contributed by atoms with van der Waals surface area (Å²) in [5.74, 6) is 3.37. The highest BCUT2D eigenvalue weighted by molar-refractivity contribution is 5.89. The van der Waals surface area contributed by atoms with E-state index in [4.69, 9.17) is 9.72 Å². The van der Waals surface area contributed by atoms with Gasteiger partial charge in [-0.1, -0.05) is 54.6 Å². The molecule has 2 aromatic carbocycles. The van der Waals surface area contributed by atoms with Crippen molar-refractivity contribution in [1.29, 1.82) is 0 Å². The van der Waals surface area contributed by atoms with E-state index in [1.54, 1.807) is 0 Å². The van der Waals surface area contributed by atoms with E-state index in [9.17, 15) is 4.79 Å². The van der Waals surface area contributed by atoms with E-state index < -0.39 is 0 Å². The van der Waals surface area contributed by atoms with E-state index in [1.165, 1.54) is 49.7 Å². The molecule has 36 heavy (non-hydrogen) atoms. The molecule has 0 radical (unpaired) electrons. The van der Waals surface area contributed by atoms with Gasteiger partial charge in [0.1, 0.15) is 5.82 Å². The molecule has 188 valence electrons. The molecule has 0 unspecified atom stereocenters. The van der Waals surface area contributed by atoms with Gasteiger partial charge in [-0.05, 0) is 99.5 Å². The monoisotopic (exact) mass is 482 g/mol. The lowest BCUT2D eigenvalue weighted by atomic mass is 9.48. The highest BCUT2D eigenvalue weighted by atomic mass is 16.5. The van der Waals surface area contributed by atoms with Crippen LogP contribution in [0.1, 0.15) is 79.2 Å². The zero-order valence-electron chi connectivity index (χ0n) is 21.7. The first-order chi connectivity index (χ1) is 17.5. The molecule has 1 heterocycles. The molecule has 0 atom stereocenters. The first-order valence-electron chi connectivity index (χ1n) is 13.9. The standard InChI is InChI=1S/C32H38N2O2/c1-3-36-31(35)29-28(13-14-32-18-24-15-25(19-32)17-26(16-24)20-32)34(21-23-10-5-4-6-11-23)30(33-29)27-12-8-7-9-22(27)2/h4-12,24-26H,3,13-21H2,1-2H3. The van der Waals surface area contributed by atoms with Gasteiger partial charge in [0.25, 0.3) is 0 Å². The zero-order valence-corrected chi connectivity index (χ0v) is 21.7. The molecule has 3 aromatic rings. The van der Waals surface area contributed by atoms with Gasteiger partial charge < -0.3 is 9.30 Å². The molecular weight excluding hydrogens is 444 g/mol. The molecule has 0 aliphatic heterocycles. The summed E-state index contributed by atoms with van der Waals surface area (Å²) < 4.78 is 7.84. The highest BCUT2D eigenvalue weighted by Crippen LogP contribution is 2.61. The van der Waals surface area contributed by atoms with Crippen LogP contribution in [-0.4, -0.2) is 22.1 Å². The van der Waals surface area contributed by atoms with Crippen molar-refractivity contribution in [2.24, 2.45) is 23.2 Å². The molecule has 0 spiro atoms. The Labute approximate surface area is 215 Å². The summed E-state index contributed by atoms with van der Waals surface area (Å²) in [5, 5.41) is 0. The van der Waals surface area contributed by atoms with Crippen LogP contribution in [0.2, 0.25) is 0 Å². The van der Waals surface area contributed by atoms with Gasteiger partial charge in [0.05, 0.1) is 12.3 Å². The van der Waals surface area contributed by atoms with Gasteiger partial charge in [-0.3, -0.25) is 0 Å². The number of aromatic nitrogens is 2. The highest BCUT2D eigenvalue weighted by Gasteiger charge is 2.50. The molecule has 4 heteroatoms. The number of benzene rings is 2. The van der Waals surface area contributed by atoms with Crippen molar-refractivity contribution >= 4 is 5.97 Å². The molecule has 4 bridgehead atoms. The summed E-state index contributed by atoms with van der Waals surface area (Å²) in [6, 6.07) is 18.9. The van der Waals surface area contributed by atoms with E-state index in [2.05, 4.69) is 66.1 Å². The molecule has 0 N–H and O–H groups in total. The van der Waals surface area contributed by atoms with E-state index in [0.717, 1.165) is 47.7 Å². The number of hydrogen-bond acceptors (Lipinski definition) is 3. The Morgan fingerprint density at radius 1 is 0.972 bits per heavy atom. The summed E-state index contributed by atoms with van der Waals surface area (Å²) in [6.45, 7) is 5.05. The number of hydrogen-bond donors (Lipinski definition) is 0. The Balaban J connectivity index is 1.42. The Bertz CT molecular complexity index is 1210. The van der Waals surface area contributed by atoms with Crippen LogP contribution in [0.5, 0.6) is 0 Å². The van der Waals surface area contributed by atoms with Crippen molar-refractivity contribution in [1.82, 2.24) is 9.55 Å². The van der Waals surface area contributed by atoms with Crippen molar-refractivity contribution in [3.05, 3.63) is 77.1 Å². The minimum atomic E-state index is -0.292. The lowest BCUT2D eigenvalue weighted by Gasteiger charge is -2.57. The zero-order chi connectivity index (χ0) is 24.7. The number of aryl methyl sites for hydroxylation is 1. The molecule has 4 fully saturated rings. The van der Waals surface area contributed by atoms with Crippen molar-refractivity contribution in [2.75, 3.05) is 6.61 Å². The van der Waals surface area contributed by atoms with E-state index in [1.807, 2.05) is 6.92 Å². The van der Waals surface area contributed by atoms with Gasteiger partial charge in [0, 0.05) is 12.1 Å². The minimum absolute atomic E-state index is 0.292. The van der Waals surface area contributed by atoms with Crippen LogP contribution in [0.3, 0.4) is 0 Å². The average Bonchev–Trinajstić information content (AvgIpc) is 3.21. The van der Waals surface area contributed by atoms with Gasteiger partial charge in [-0.15, -0.1) is 0 Å². The fourth-order valence-corrected chi connectivity index (χ4v) is 8.05. The third-order valence-electron chi connectivity index (χ3n) is 9.17. The van der Waals surface area contributed by atoms with Crippen LogP contribution >= 0.6 is 0 Å². The van der Waals surface area contributed by atoms with Crippen LogP contribution < -0.4 is 0 Å². The van der Waals surface area contributed by atoms with Crippen molar-refractivity contribution < 1.29 is 9.53 Å². The van der Waals surface area contributed by atoms with E-state index in [-0.39, 0.29) is 5.97 Å². The lowest BCUT2D eigenvalue weighted by Crippen LogP contribution is -2.46. The Kier molecular flexibility index (Phi) is 6.23. The second-order valence-electron chi connectivity index (χ2n) is 11.8. The van der Waals surface area contributed by atoms with Crippen LogP contribution in [0.4, 0.5) is 0 Å². The van der Waals surface area contributed by atoms with Gasteiger partial charge in [-0.25, -0.2) is 9.78 Å². The first kappa shape index (κ1) is 23.5. The molecule has 7 rings (SSSR count). The van der Waals surface area contributed by atoms with Crippen LogP contribution in [-0.2, 0) is 17.7 Å². The SMILES string of the molecule is CCOC(=O)c1nc(-c2ccccc2C)n(Cc2ccccc2)c1CCC12CC3CC(CC(C3)C1)C2. The van der Waals surface area contributed by atoms with Crippen LogP contribution in [0.25, 0.3) is 11.4 Å². The maximum absolute atomic E-state index is 13.2. The Hall–Kier alpha value is -2.88. The summed E-state index contributed by atoms with van der Waals surface area (Å²) in [6.07, 6.45) is 10.5. The molecule has 4 nitrogen and oxygen atoms in total. The number of carbonyl (C=O) groups excluding carboxylic acids is 1. The van der Waals surface area contributed by atoms with Crippen LogP contribution in [0, 0.1) is 30.1 Å². The number of carbonyl (C=O) groups is 1. The second-order valence-corrected chi connectivity index (χ2v) is 11.8. The maximum atomic E-state index is 13.2. The second kappa shape index (κ2) is 9.53. The van der Waals surface area contributed by atoms with Crippen molar-refractivity contribution in [3.8, 4) is 11.4 Å². The van der Waals surface area contributed by atoms with E-state index >= 15 is 0 Å². The summed E-state index contributed by atoms with van der Waals surface area (Å²) in [7, 11) is 0. The fraction of sp³-hybridized carbons (Fsp3) is 0.500. The van der Waals surface area contributed by atoms with Gasteiger partial charge in [0.15, 0.2) is 5.69 Å². The molecular formula is C32H38N2O2. The quantitative estimate of drug-likeness (QED) is 0.318. The average molecular weight is 483 g/mol. The predicted molar refractivity (Wildman–Crippen MR) is 143 cm³/mol. The third kappa shape index (κ3) is 4.40. The molecule has 1 aromatic heterocycles. The molecule has 0 saturated heterocycles.